The van der Waals surface area contributed by atoms with E-state index in [1.165, 1.54) is 14.2 Å². The molecule has 0 bridgehead atoms. The van der Waals surface area contributed by atoms with E-state index >= 15 is 0 Å². The zero-order valence-electron chi connectivity index (χ0n) is 11.0. The Hall–Kier alpha value is -1.98. The largest absolute Gasteiger partial charge is 0.469 e. The maximum absolute atomic E-state index is 13.2. The van der Waals surface area contributed by atoms with E-state index in [1.807, 2.05) is 0 Å². The number of sulfonamides is 1. The van der Waals surface area contributed by atoms with Crippen LogP contribution in [0.4, 0.5) is 4.39 Å². The average Bonchev–Trinajstić information content (AvgIpc) is 2.44. The molecule has 0 aliphatic rings. The summed E-state index contributed by atoms with van der Waals surface area (Å²) < 4.78 is 42.8. The molecule has 0 aliphatic heterocycles. The van der Waals surface area contributed by atoms with Gasteiger partial charge in [0.05, 0.1) is 24.0 Å². The number of rotatable bonds is 5. The Morgan fingerprint density at radius 3 is 2.70 bits per heavy atom. The van der Waals surface area contributed by atoms with Crippen LogP contribution in [0.25, 0.3) is 0 Å². The SMILES string of the molecule is COC(=O)CCN(C)S(=O)(=O)c1ccc(F)c(C#N)c1. The van der Waals surface area contributed by atoms with Crippen LogP contribution in [0, 0.1) is 17.1 Å². The molecule has 0 N–H and O–H groups in total. The lowest BCUT2D eigenvalue weighted by Crippen LogP contribution is -2.29. The average molecular weight is 300 g/mol. The molecule has 0 heterocycles. The molecule has 108 valence electrons. The smallest absolute Gasteiger partial charge is 0.306 e. The molecular weight excluding hydrogens is 287 g/mol. The van der Waals surface area contributed by atoms with Gasteiger partial charge in [0.2, 0.25) is 10.0 Å². The number of methoxy groups -OCH3 is 1. The van der Waals surface area contributed by atoms with Gasteiger partial charge in [0.25, 0.3) is 0 Å². The minimum atomic E-state index is -3.88. The van der Waals surface area contributed by atoms with Gasteiger partial charge in [0.15, 0.2) is 0 Å². The Labute approximate surface area is 116 Å². The molecule has 0 fully saturated rings. The second kappa shape index (κ2) is 6.45. The minimum Gasteiger partial charge on any atom is -0.469 e. The summed E-state index contributed by atoms with van der Waals surface area (Å²) in [7, 11) is -1.39. The van der Waals surface area contributed by atoms with Crippen molar-refractivity contribution in [1.82, 2.24) is 4.31 Å². The third kappa shape index (κ3) is 3.53. The fourth-order valence-electron chi connectivity index (χ4n) is 1.40. The third-order valence-corrected chi connectivity index (χ3v) is 4.48. The highest BCUT2D eigenvalue weighted by Gasteiger charge is 2.22. The summed E-state index contributed by atoms with van der Waals surface area (Å²) in [6, 6.07) is 4.52. The Bertz CT molecular complexity index is 652. The summed E-state index contributed by atoms with van der Waals surface area (Å²) in [6.07, 6.45) is -0.0987. The van der Waals surface area contributed by atoms with Gasteiger partial charge in [0.1, 0.15) is 11.9 Å². The monoisotopic (exact) mass is 300 g/mol. The van der Waals surface area contributed by atoms with Gasteiger partial charge in [-0.25, -0.2) is 17.1 Å². The maximum Gasteiger partial charge on any atom is 0.306 e. The molecule has 0 saturated carbocycles. The number of ether oxygens (including phenoxy) is 1. The number of hydrogen-bond donors (Lipinski definition) is 0. The van der Waals surface area contributed by atoms with Crippen molar-refractivity contribution in [2.24, 2.45) is 0 Å². The zero-order chi connectivity index (χ0) is 15.3. The summed E-state index contributed by atoms with van der Waals surface area (Å²) in [5.41, 5.74) is -0.354. The van der Waals surface area contributed by atoms with Crippen LogP contribution in [0.2, 0.25) is 0 Å². The summed E-state index contributed by atoms with van der Waals surface area (Å²) in [6.45, 7) is -0.0751. The molecule has 1 aromatic carbocycles. The topological polar surface area (TPSA) is 87.5 Å². The highest BCUT2D eigenvalue weighted by Crippen LogP contribution is 2.18. The lowest BCUT2D eigenvalue weighted by Gasteiger charge is -2.16. The van der Waals surface area contributed by atoms with Gasteiger partial charge in [-0.05, 0) is 18.2 Å². The molecule has 0 spiro atoms. The molecule has 6 nitrogen and oxygen atoms in total. The van der Waals surface area contributed by atoms with Crippen molar-refractivity contribution in [3.8, 4) is 6.07 Å². The molecule has 0 saturated heterocycles. The molecule has 0 aromatic heterocycles. The van der Waals surface area contributed by atoms with E-state index in [9.17, 15) is 17.6 Å². The van der Waals surface area contributed by atoms with Crippen LogP contribution in [-0.2, 0) is 19.6 Å². The molecule has 0 unspecified atom stereocenters. The number of nitriles is 1. The third-order valence-electron chi connectivity index (χ3n) is 2.62. The van der Waals surface area contributed by atoms with Crippen LogP contribution in [0.5, 0.6) is 0 Å². The van der Waals surface area contributed by atoms with E-state index in [2.05, 4.69) is 4.74 Å². The normalized spacial score (nSPS) is 11.2. The standard InChI is InChI=1S/C12H13FN2O4S/c1-15(6-5-12(16)19-2)20(17,18)10-3-4-11(13)9(7-10)8-14/h3-4,7H,5-6H2,1-2H3. The predicted molar refractivity (Wildman–Crippen MR) is 67.6 cm³/mol. The van der Waals surface area contributed by atoms with Crippen molar-refractivity contribution in [2.75, 3.05) is 20.7 Å². The van der Waals surface area contributed by atoms with Crippen molar-refractivity contribution in [1.29, 1.82) is 5.26 Å². The Morgan fingerprint density at radius 2 is 2.15 bits per heavy atom. The van der Waals surface area contributed by atoms with Gasteiger partial charge >= 0.3 is 5.97 Å². The van der Waals surface area contributed by atoms with Gasteiger partial charge < -0.3 is 4.74 Å². The maximum atomic E-state index is 13.2. The molecule has 8 heteroatoms. The van der Waals surface area contributed by atoms with Gasteiger partial charge in [0, 0.05) is 13.6 Å². The predicted octanol–water partition coefficient (Wildman–Crippen LogP) is 0.881. The minimum absolute atomic E-state index is 0.0751. The van der Waals surface area contributed by atoms with Gasteiger partial charge in [-0.2, -0.15) is 5.26 Å². The van der Waals surface area contributed by atoms with Crippen LogP contribution in [0.1, 0.15) is 12.0 Å². The van der Waals surface area contributed by atoms with E-state index < -0.39 is 21.8 Å². The molecule has 0 atom stereocenters. The van der Waals surface area contributed by atoms with E-state index in [0.717, 1.165) is 22.5 Å². The number of halogens is 1. The molecule has 20 heavy (non-hydrogen) atoms. The number of carbonyl (C=O) groups is 1. The van der Waals surface area contributed by atoms with E-state index in [4.69, 9.17) is 5.26 Å². The summed E-state index contributed by atoms with van der Waals surface area (Å²) >= 11 is 0. The van der Waals surface area contributed by atoms with Crippen LogP contribution in [0.3, 0.4) is 0 Å². The quantitative estimate of drug-likeness (QED) is 0.753. The summed E-state index contributed by atoms with van der Waals surface area (Å²) in [4.78, 5) is 10.8. The van der Waals surface area contributed by atoms with E-state index in [-0.39, 0.29) is 23.4 Å². The van der Waals surface area contributed by atoms with E-state index in [1.54, 1.807) is 6.07 Å². The van der Waals surface area contributed by atoms with Gasteiger partial charge in [-0.3, -0.25) is 4.79 Å². The first-order chi connectivity index (χ1) is 9.32. The first-order valence-electron chi connectivity index (χ1n) is 5.55. The zero-order valence-corrected chi connectivity index (χ0v) is 11.8. The lowest BCUT2D eigenvalue weighted by atomic mass is 10.2. The van der Waals surface area contributed by atoms with Crippen LogP contribution in [0.15, 0.2) is 23.1 Å². The molecule has 0 aliphatic carbocycles. The fourth-order valence-corrected chi connectivity index (χ4v) is 2.60. The number of nitrogens with zero attached hydrogens (tertiary/aromatic N) is 2. The Morgan fingerprint density at radius 1 is 1.50 bits per heavy atom. The molecular formula is C12H13FN2O4S. The van der Waals surface area contributed by atoms with Crippen LogP contribution in [-0.4, -0.2) is 39.4 Å². The van der Waals surface area contributed by atoms with Crippen molar-refractivity contribution in [3.63, 3.8) is 0 Å². The number of benzene rings is 1. The molecule has 1 aromatic rings. The molecule has 0 radical (unpaired) electrons. The summed E-state index contributed by atoms with van der Waals surface area (Å²) in [5, 5.41) is 8.70. The Kier molecular flexibility index (Phi) is 5.19. The number of carbonyl (C=O) groups excluding carboxylic acids is 1. The van der Waals surface area contributed by atoms with Crippen molar-refractivity contribution < 1.29 is 22.3 Å². The first kappa shape index (κ1) is 16.1. The van der Waals surface area contributed by atoms with Crippen LogP contribution >= 0.6 is 0 Å². The molecule has 1 rings (SSSR count). The molecule has 0 amide bonds. The highest BCUT2D eigenvalue weighted by atomic mass is 32.2. The summed E-state index contributed by atoms with van der Waals surface area (Å²) in [5.74, 6) is -1.33. The number of hydrogen-bond acceptors (Lipinski definition) is 5. The van der Waals surface area contributed by atoms with Crippen molar-refractivity contribution in [2.45, 2.75) is 11.3 Å². The van der Waals surface area contributed by atoms with E-state index in [0.29, 0.717) is 0 Å². The number of esters is 1. The van der Waals surface area contributed by atoms with Crippen LogP contribution < -0.4 is 0 Å². The van der Waals surface area contributed by atoms with Crippen molar-refractivity contribution >= 4 is 16.0 Å². The van der Waals surface area contributed by atoms with Gasteiger partial charge in [-0.1, -0.05) is 0 Å². The highest BCUT2D eigenvalue weighted by molar-refractivity contribution is 7.89. The Balaban J connectivity index is 2.99. The first-order valence-corrected chi connectivity index (χ1v) is 6.99. The van der Waals surface area contributed by atoms with Crippen molar-refractivity contribution in [3.05, 3.63) is 29.6 Å². The fraction of sp³-hybridized carbons (Fsp3) is 0.333. The second-order valence-corrected chi connectivity index (χ2v) is 5.95. The second-order valence-electron chi connectivity index (χ2n) is 3.91. The van der Waals surface area contributed by atoms with Gasteiger partial charge in [-0.15, -0.1) is 0 Å². The lowest BCUT2D eigenvalue weighted by molar-refractivity contribution is -0.140.